The molecule has 0 amide bonds. The molecule has 4 nitrogen and oxygen atoms in total. The number of ether oxygens (including phenoxy) is 2. The third-order valence-corrected chi connectivity index (χ3v) is 1.31. The molecule has 0 bridgehead atoms. The van der Waals surface area contributed by atoms with Gasteiger partial charge in [-0.3, -0.25) is 0 Å². The van der Waals surface area contributed by atoms with Crippen LogP contribution in [0.15, 0.2) is 0 Å². The molecular weight excluding hydrogens is 172 g/mol. The first kappa shape index (κ1) is 12.2. The van der Waals surface area contributed by atoms with Gasteiger partial charge >= 0.3 is 6.16 Å². The summed E-state index contributed by atoms with van der Waals surface area (Å²) in [5.41, 5.74) is 0. The number of carbonyl (C=O) groups excluding carboxylic acids is 1. The molecule has 0 radical (unpaired) electrons. The molecule has 1 N–H and O–H groups in total. The molecular formula is C9H18O4. The van der Waals surface area contributed by atoms with Gasteiger partial charge in [-0.1, -0.05) is 13.8 Å². The molecule has 0 aliphatic carbocycles. The maximum absolute atomic E-state index is 10.8. The molecule has 0 heterocycles. The van der Waals surface area contributed by atoms with Crippen LogP contribution in [0.4, 0.5) is 4.79 Å². The Hall–Kier alpha value is -0.770. The van der Waals surface area contributed by atoms with Crippen molar-refractivity contribution in [1.82, 2.24) is 0 Å². The second-order valence-corrected chi connectivity index (χ2v) is 3.23. The van der Waals surface area contributed by atoms with E-state index in [4.69, 9.17) is 14.6 Å². The van der Waals surface area contributed by atoms with Gasteiger partial charge in [-0.25, -0.2) is 4.79 Å². The number of unbranched alkanes of at least 4 members (excludes halogenated alkanes) is 1. The standard InChI is InChI=1S/C9H18O4/c1-8(2)7-13-9(11)12-6-4-3-5-10/h8,10H,3-7H2,1-2H3. The van der Waals surface area contributed by atoms with Crippen molar-refractivity contribution in [2.24, 2.45) is 5.92 Å². The zero-order chi connectivity index (χ0) is 10.1. The Bertz CT molecular complexity index is 134. The average molecular weight is 190 g/mol. The fraction of sp³-hybridized carbons (Fsp3) is 0.889. The molecule has 0 saturated carbocycles. The summed E-state index contributed by atoms with van der Waals surface area (Å²) < 4.78 is 9.48. The van der Waals surface area contributed by atoms with E-state index in [1.165, 1.54) is 0 Å². The first-order valence-corrected chi connectivity index (χ1v) is 4.57. The summed E-state index contributed by atoms with van der Waals surface area (Å²) in [5.74, 6) is 0.324. The predicted molar refractivity (Wildman–Crippen MR) is 48.5 cm³/mol. The van der Waals surface area contributed by atoms with Crippen LogP contribution < -0.4 is 0 Å². The molecule has 0 aliphatic rings. The topological polar surface area (TPSA) is 55.8 Å². The molecule has 0 unspecified atom stereocenters. The van der Waals surface area contributed by atoms with E-state index in [-0.39, 0.29) is 6.61 Å². The summed E-state index contributed by atoms with van der Waals surface area (Å²) in [7, 11) is 0. The van der Waals surface area contributed by atoms with Crippen LogP contribution in [0.5, 0.6) is 0 Å². The first-order chi connectivity index (χ1) is 6.16. The molecule has 0 aromatic heterocycles. The summed E-state index contributed by atoms with van der Waals surface area (Å²) >= 11 is 0. The lowest BCUT2D eigenvalue weighted by molar-refractivity contribution is 0.0457. The minimum Gasteiger partial charge on any atom is -0.434 e. The third kappa shape index (κ3) is 9.14. The van der Waals surface area contributed by atoms with Crippen LogP contribution in [0.1, 0.15) is 26.7 Å². The van der Waals surface area contributed by atoms with Gasteiger partial charge in [-0.15, -0.1) is 0 Å². The zero-order valence-electron chi connectivity index (χ0n) is 8.28. The van der Waals surface area contributed by atoms with Crippen LogP contribution in [0.25, 0.3) is 0 Å². The molecule has 0 aliphatic heterocycles. The minimum atomic E-state index is -0.619. The van der Waals surface area contributed by atoms with Gasteiger partial charge in [0.1, 0.15) is 0 Å². The van der Waals surface area contributed by atoms with E-state index >= 15 is 0 Å². The van der Waals surface area contributed by atoms with E-state index in [0.29, 0.717) is 32.0 Å². The first-order valence-electron chi connectivity index (χ1n) is 4.57. The van der Waals surface area contributed by atoms with E-state index < -0.39 is 6.16 Å². The molecule has 0 aromatic rings. The molecule has 4 heteroatoms. The highest BCUT2D eigenvalue weighted by molar-refractivity contribution is 5.59. The molecule has 78 valence electrons. The molecule has 0 atom stereocenters. The average Bonchev–Trinajstić information content (AvgIpc) is 2.09. The molecule has 0 spiro atoms. The van der Waals surface area contributed by atoms with Crippen LogP contribution in [0, 0.1) is 5.92 Å². The summed E-state index contributed by atoms with van der Waals surface area (Å²) in [6.07, 6.45) is 0.705. The number of aliphatic hydroxyl groups excluding tert-OH is 1. The number of aliphatic hydroxyl groups is 1. The van der Waals surface area contributed by atoms with Gasteiger partial charge < -0.3 is 14.6 Å². The monoisotopic (exact) mass is 190 g/mol. The Balaban J connectivity index is 3.20. The third-order valence-electron chi connectivity index (χ3n) is 1.31. The molecule has 0 saturated heterocycles. The Morgan fingerprint density at radius 1 is 1.31 bits per heavy atom. The highest BCUT2D eigenvalue weighted by Crippen LogP contribution is 1.96. The Kier molecular flexibility index (Phi) is 7.39. The molecule has 13 heavy (non-hydrogen) atoms. The van der Waals surface area contributed by atoms with E-state index in [9.17, 15) is 4.79 Å². The largest absolute Gasteiger partial charge is 0.508 e. The lowest BCUT2D eigenvalue weighted by Gasteiger charge is -2.07. The Morgan fingerprint density at radius 3 is 2.54 bits per heavy atom. The van der Waals surface area contributed by atoms with Crippen molar-refractivity contribution < 1.29 is 19.4 Å². The number of carbonyl (C=O) groups is 1. The second kappa shape index (κ2) is 7.86. The van der Waals surface area contributed by atoms with Gasteiger partial charge in [0.15, 0.2) is 0 Å². The van der Waals surface area contributed by atoms with Gasteiger partial charge in [0.2, 0.25) is 0 Å². The smallest absolute Gasteiger partial charge is 0.434 e. The number of rotatable bonds is 6. The van der Waals surface area contributed by atoms with E-state index in [2.05, 4.69) is 0 Å². The van der Waals surface area contributed by atoms with Gasteiger partial charge in [0.25, 0.3) is 0 Å². The van der Waals surface area contributed by atoms with Crippen molar-refractivity contribution in [3.63, 3.8) is 0 Å². The van der Waals surface area contributed by atoms with Crippen molar-refractivity contribution in [3.05, 3.63) is 0 Å². The van der Waals surface area contributed by atoms with Gasteiger partial charge in [0.05, 0.1) is 13.2 Å². The summed E-state index contributed by atoms with van der Waals surface area (Å²) in [5, 5.41) is 8.44. The fourth-order valence-electron chi connectivity index (χ4n) is 0.646. The van der Waals surface area contributed by atoms with Crippen molar-refractivity contribution in [3.8, 4) is 0 Å². The maximum atomic E-state index is 10.8. The lowest BCUT2D eigenvalue weighted by atomic mass is 10.2. The van der Waals surface area contributed by atoms with Gasteiger partial charge in [0, 0.05) is 6.61 Å². The van der Waals surface area contributed by atoms with Crippen molar-refractivity contribution >= 4 is 6.16 Å². The fourth-order valence-corrected chi connectivity index (χ4v) is 0.646. The Labute approximate surface area is 78.8 Å². The van der Waals surface area contributed by atoms with Crippen molar-refractivity contribution in [1.29, 1.82) is 0 Å². The molecule has 0 rings (SSSR count). The summed E-state index contributed by atoms with van der Waals surface area (Å²) in [6, 6.07) is 0. The highest BCUT2D eigenvalue weighted by atomic mass is 16.7. The van der Waals surface area contributed by atoms with Crippen LogP contribution >= 0.6 is 0 Å². The van der Waals surface area contributed by atoms with Crippen LogP contribution in [-0.2, 0) is 9.47 Å². The maximum Gasteiger partial charge on any atom is 0.508 e. The van der Waals surface area contributed by atoms with E-state index in [0.717, 1.165) is 0 Å². The van der Waals surface area contributed by atoms with Gasteiger partial charge in [-0.05, 0) is 18.8 Å². The van der Waals surface area contributed by atoms with Crippen molar-refractivity contribution in [2.45, 2.75) is 26.7 Å². The van der Waals surface area contributed by atoms with E-state index in [1.807, 2.05) is 13.8 Å². The predicted octanol–water partition coefficient (Wildman–Crippen LogP) is 1.57. The van der Waals surface area contributed by atoms with Crippen LogP contribution in [0.2, 0.25) is 0 Å². The second-order valence-electron chi connectivity index (χ2n) is 3.23. The van der Waals surface area contributed by atoms with E-state index in [1.54, 1.807) is 0 Å². The minimum absolute atomic E-state index is 0.129. The van der Waals surface area contributed by atoms with Crippen molar-refractivity contribution in [2.75, 3.05) is 19.8 Å². The Morgan fingerprint density at radius 2 is 2.00 bits per heavy atom. The quantitative estimate of drug-likeness (QED) is 0.510. The molecule has 0 aromatic carbocycles. The van der Waals surface area contributed by atoms with Gasteiger partial charge in [-0.2, -0.15) is 0 Å². The number of hydrogen-bond donors (Lipinski definition) is 1. The lowest BCUT2D eigenvalue weighted by Crippen LogP contribution is -2.12. The number of hydrogen-bond acceptors (Lipinski definition) is 4. The zero-order valence-corrected chi connectivity index (χ0v) is 8.28. The molecule has 0 fully saturated rings. The van der Waals surface area contributed by atoms with Crippen LogP contribution in [0.3, 0.4) is 0 Å². The summed E-state index contributed by atoms with van der Waals surface area (Å²) in [4.78, 5) is 10.8. The summed E-state index contributed by atoms with van der Waals surface area (Å²) in [6.45, 7) is 4.75. The highest BCUT2D eigenvalue weighted by Gasteiger charge is 2.04. The van der Waals surface area contributed by atoms with Crippen LogP contribution in [-0.4, -0.2) is 31.1 Å². The normalized spacial score (nSPS) is 10.2. The SMILES string of the molecule is CC(C)COC(=O)OCCCCO.